The van der Waals surface area contributed by atoms with Crippen LogP contribution in [-0.4, -0.2) is 15.8 Å². The molecular weight excluding hydrogens is 1520 g/mol. The van der Waals surface area contributed by atoms with E-state index >= 15 is 0 Å². The van der Waals surface area contributed by atoms with Gasteiger partial charge in [0.1, 0.15) is 22.3 Å². The average Bonchev–Trinajstić information content (AvgIpc) is 1.68. The molecule has 0 spiro atoms. The summed E-state index contributed by atoms with van der Waals surface area (Å²) in [5.74, 6) is 0. The molecule has 0 radical (unpaired) electrons. The minimum absolute atomic E-state index is 0.295. The predicted octanol–water partition coefficient (Wildman–Crippen LogP) is 31.0. The highest BCUT2D eigenvalue weighted by atomic mass is 16.3. The van der Waals surface area contributed by atoms with Crippen LogP contribution in [0.2, 0.25) is 0 Å². The number of anilines is 6. The largest absolute Gasteiger partial charge is 0.456 e. The zero-order valence-corrected chi connectivity index (χ0v) is 71.0. The Balaban J connectivity index is 0.839. The molecule has 0 unspecified atom stereocenters. The second-order valence-electron chi connectivity index (χ2n) is 38.5. The van der Waals surface area contributed by atoms with Crippen molar-refractivity contribution in [1.82, 2.24) is 9.13 Å². The van der Waals surface area contributed by atoms with Crippen molar-refractivity contribution in [3.05, 3.63) is 356 Å². The molecule has 21 aromatic carbocycles. The van der Waals surface area contributed by atoms with E-state index in [-0.39, 0.29) is 17.5 Å². The van der Waals surface area contributed by atoms with Gasteiger partial charge in [-0.3, -0.25) is 0 Å². The van der Waals surface area contributed by atoms with E-state index in [1.807, 2.05) is 0 Å². The molecule has 0 amide bonds. The van der Waals surface area contributed by atoms with Crippen molar-refractivity contribution in [2.24, 2.45) is 0 Å². The van der Waals surface area contributed by atoms with Crippen LogP contribution in [0.15, 0.2) is 349 Å². The number of aromatic nitrogens is 2. The highest BCUT2D eigenvalue weighted by Gasteiger charge is 2.47. The molecule has 0 N–H and O–H groups in total. The summed E-state index contributed by atoms with van der Waals surface area (Å²) in [5, 5.41) is 24.9. The Morgan fingerprint density at radius 1 is 0.232 bits per heavy atom. The fraction of sp³-hybridized carbons (Fsp3) is 0.102. The van der Waals surface area contributed by atoms with Crippen LogP contribution in [0.25, 0.3) is 208 Å². The van der Waals surface area contributed by atoms with Crippen molar-refractivity contribution in [2.45, 2.75) is 78.6 Å². The summed E-state index contributed by atoms with van der Waals surface area (Å²) in [7, 11) is 0. The van der Waals surface area contributed by atoms with Crippen molar-refractivity contribution in [1.29, 1.82) is 0 Å². The molecule has 0 aliphatic carbocycles. The minimum Gasteiger partial charge on any atom is -0.456 e. The standard InChI is InChI=1S/C118H83BN4O2/c1-116(2,3)72-58-85(66-26-12-10-13-27-66)114(87(60-72)81-40-24-44-101-107(81)83-34-16-18-42-99(83)124-101)122-95-64-75(120-91-54-46-68-30-20-36-77-78-37-21-31-69-47-55-92(120)110(104(69)78)109(91)103(68)77)50-52-89(95)119-90-53-51-76(121-93-56-48-70-32-22-38-79-80-39-23-33-71-49-57-94(121)112(106(71)80)111(93)105(70)79)65-96(90)123(98-63-74(118(7,8)9)62-97(122)113(98)119)115-86(67-28-14-11-15-29-67)59-73(117(4,5)6)61-88(115)82-41-25-45-102-108(82)84-35-17-19-43-100(84)125-102/h10-65H,1-9H3. The zero-order chi connectivity index (χ0) is 83.3. The number of hydrogen-bond donors (Lipinski definition) is 0. The van der Waals surface area contributed by atoms with Gasteiger partial charge in [0.05, 0.1) is 33.4 Å². The molecule has 2 aliphatic heterocycles. The lowest BCUT2D eigenvalue weighted by atomic mass is 9.33. The lowest BCUT2D eigenvalue weighted by Gasteiger charge is -2.47. The Morgan fingerprint density at radius 2 is 0.552 bits per heavy atom. The van der Waals surface area contributed by atoms with Crippen LogP contribution in [0.4, 0.5) is 34.1 Å². The first-order valence-electron chi connectivity index (χ1n) is 44.1. The smallest absolute Gasteiger partial charge is 0.252 e. The van der Waals surface area contributed by atoms with Gasteiger partial charge in [-0.2, -0.15) is 0 Å². The highest BCUT2D eigenvalue weighted by Crippen LogP contribution is 2.59. The molecule has 4 aromatic heterocycles. The third-order valence-corrected chi connectivity index (χ3v) is 28.5. The highest BCUT2D eigenvalue weighted by molar-refractivity contribution is 7.00. The normalized spacial score (nSPS) is 13.4. The first-order valence-corrected chi connectivity index (χ1v) is 44.1. The second-order valence-corrected chi connectivity index (χ2v) is 38.5. The Morgan fingerprint density at radius 3 is 0.920 bits per heavy atom. The van der Waals surface area contributed by atoms with E-state index in [2.05, 4.69) is 421 Å². The maximum absolute atomic E-state index is 7.03. The number of furan rings is 2. The first-order chi connectivity index (χ1) is 60.9. The first kappa shape index (κ1) is 70.7. The summed E-state index contributed by atoms with van der Waals surface area (Å²) in [5.41, 5.74) is 32.1. The zero-order valence-electron chi connectivity index (χ0n) is 71.0. The Kier molecular flexibility index (Phi) is 14.1. The Bertz CT molecular complexity index is 8230. The minimum atomic E-state index is -0.426. The van der Waals surface area contributed by atoms with Gasteiger partial charge in [0, 0.05) is 99.5 Å². The number of para-hydroxylation sites is 2. The molecule has 125 heavy (non-hydrogen) atoms. The monoisotopic (exact) mass is 1600 g/mol. The SMILES string of the molecule is CC(C)(C)c1cc(-c2ccccc2)c(N2c3cc(-n4c5ccc6cccc7c8cccc9ccc4c(c98)c5c67)ccc3B3c4ccc(-n5c6ccc7cccc8c9cccc%10ccc5c(c%109)c6c78)cc4N(c4c(-c5ccccc5)cc(C(C)(C)C)cc4-c4cccc5oc6ccccc6c45)c4cc(C(C)(C)C)cc2c43)c(-c2cccc3oc4ccccc4c23)c1. The van der Waals surface area contributed by atoms with Crippen LogP contribution in [-0.2, 0) is 16.2 Å². The summed E-state index contributed by atoms with van der Waals surface area (Å²) in [6.07, 6.45) is 0. The third-order valence-electron chi connectivity index (χ3n) is 28.5. The molecule has 0 saturated carbocycles. The molecule has 27 rings (SSSR count). The van der Waals surface area contributed by atoms with Crippen LogP contribution in [0.1, 0.15) is 79.0 Å². The molecule has 25 aromatic rings. The third kappa shape index (κ3) is 9.70. The molecule has 6 nitrogen and oxygen atoms in total. The summed E-state index contributed by atoms with van der Waals surface area (Å²) in [4.78, 5) is 5.55. The predicted molar refractivity (Wildman–Crippen MR) is 531 cm³/mol. The van der Waals surface area contributed by atoms with Crippen LogP contribution in [0, 0.1) is 0 Å². The van der Waals surface area contributed by atoms with Crippen LogP contribution >= 0.6 is 0 Å². The van der Waals surface area contributed by atoms with E-state index in [1.54, 1.807) is 0 Å². The van der Waals surface area contributed by atoms with Gasteiger partial charge < -0.3 is 27.8 Å². The van der Waals surface area contributed by atoms with E-state index < -0.39 is 5.41 Å². The number of benzene rings is 21. The Labute approximate surface area is 723 Å². The van der Waals surface area contributed by atoms with Crippen molar-refractivity contribution in [3.8, 4) is 55.9 Å². The van der Waals surface area contributed by atoms with Crippen LogP contribution in [0.3, 0.4) is 0 Å². The van der Waals surface area contributed by atoms with Crippen molar-refractivity contribution < 1.29 is 8.83 Å². The van der Waals surface area contributed by atoms with E-state index in [4.69, 9.17) is 8.83 Å². The molecule has 0 atom stereocenters. The number of nitrogens with zero attached hydrogens (tertiary/aromatic N) is 4. The molecule has 0 saturated heterocycles. The van der Waals surface area contributed by atoms with E-state index in [1.165, 1.54) is 141 Å². The summed E-state index contributed by atoms with van der Waals surface area (Å²) < 4.78 is 19.3. The quantitative estimate of drug-likeness (QED) is 0.0864. The maximum Gasteiger partial charge on any atom is 0.252 e. The molecule has 0 bridgehead atoms. The van der Waals surface area contributed by atoms with Gasteiger partial charge in [0.2, 0.25) is 0 Å². The van der Waals surface area contributed by atoms with Gasteiger partial charge in [-0.1, -0.05) is 293 Å². The molecule has 0 fully saturated rings. The van der Waals surface area contributed by atoms with Gasteiger partial charge in [-0.15, -0.1) is 0 Å². The van der Waals surface area contributed by atoms with E-state index in [0.29, 0.717) is 0 Å². The maximum atomic E-state index is 7.03. The number of rotatable bonds is 8. The van der Waals surface area contributed by atoms with Crippen molar-refractivity contribution in [3.63, 3.8) is 0 Å². The average molecular weight is 1600 g/mol. The number of fused-ring (bicyclic) bond motifs is 12. The Hall–Kier alpha value is -14.9. The lowest BCUT2D eigenvalue weighted by Crippen LogP contribution is -2.61. The summed E-state index contributed by atoms with van der Waals surface area (Å²) >= 11 is 0. The second kappa shape index (κ2) is 24.9. The molecule has 6 heterocycles. The number of hydrogen-bond acceptors (Lipinski definition) is 4. The van der Waals surface area contributed by atoms with Crippen LogP contribution < -0.4 is 26.2 Å². The summed E-state index contributed by atoms with van der Waals surface area (Å²) in [6, 6.07) is 131. The molecule has 7 heteroatoms. The fourth-order valence-corrected chi connectivity index (χ4v) is 22.8. The summed E-state index contributed by atoms with van der Waals surface area (Å²) in [6.45, 7) is 21.2. The molecular formula is C118H83BN4O2. The van der Waals surface area contributed by atoms with Gasteiger partial charge in [0.25, 0.3) is 6.71 Å². The van der Waals surface area contributed by atoms with E-state index in [0.717, 1.165) is 134 Å². The van der Waals surface area contributed by atoms with Gasteiger partial charge in [0.15, 0.2) is 0 Å². The van der Waals surface area contributed by atoms with Crippen molar-refractivity contribution in [2.75, 3.05) is 9.80 Å². The lowest BCUT2D eigenvalue weighted by molar-refractivity contribution is 0.590. The molecule has 590 valence electrons. The van der Waals surface area contributed by atoms with Gasteiger partial charge in [-0.05, 0) is 245 Å². The van der Waals surface area contributed by atoms with Gasteiger partial charge >= 0.3 is 0 Å². The molecule has 2 aliphatic rings. The van der Waals surface area contributed by atoms with Crippen LogP contribution in [0.5, 0.6) is 0 Å². The fourth-order valence-electron chi connectivity index (χ4n) is 22.8. The topological polar surface area (TPSA) is 42.6 Å². The van der Waals surface area contributed by atoms with Crippen molar-refractivity contribution >= 4 is 209 Å². The van der Waals surface area contributed by atoms with E-state index in [9.17, 15) is 0 Å². The van der Waals surface area contributed by atoms with Gasteiger partial charge in [-0.25, -0.2) is 0 Å².